The number of carbonyl (C=O) groups is 1. The zero-order chi connectivity index (χ0) is 15.9. The average Bonchev–Trinajstić information content (AvgIpc) is 2.84. The molecule has 0 aliphatic heterocycles. The van der Waals surface area contributed by atoms with Crippen LogP contribution in [0.5, 0.6) is 0 Å². The zero-order valence-electron chi connectivity index (χ0n) is 11.6. The normalized spacial score (nSPS) is 10.2. The molecule has 2 aromatic rings. The molecule has 1 aromatic carbocycles. The molecule has 1 heterocycles. The molecule has 0 aliphatic rings. The van der Waals surface area contributed by atoms with Gasteiger partial charge in [0.1, 0.15) is 5.82 Å². The molecular formula is C14H12FN3OS3. The first-order chi connectivity index (χ1) is 10.6. The molecule has 1 N–H and O–H groups in total. The highest BCUT2D eigenvalue weighted by Crippen LogP contribution is 2.32. The smallest absolute Gasteiger partial charge is 0.236 e. The highest BCUT2D eigenvalue weighted by molar-refractivity contribution is 8.01. The number of rotatable bonds is 6. The summed E-state index contributed by atoms with van der Waals surface area (Å²) in [4.78, 5) is 16.6. The van der Waals surface area contributed by atoms with Gasteiger partial charge in [-0.25, -0.2) is 9.37 Å². The van der Waals surface area contributed by atoms with Gasteiger partial charge in [-0.15, -0.1) is 11.8 Å². The largest absolute Gasteiger partial charge is 0.301 e. The van der Waals surface area contributed by atoms with Crippen LogP contribution in [0.15, 0.2) is 33.4 Å². The van der Waals surface area contributed by atoms with E-state index in [2.05, 4.69) is 16.4 Å². The summed E-state index contributed by atoms with van der Waals surface area (Å²) in [5.74, 6) is -0.112. The quantitative estimate of drug-likeness (QED) is 0.797. The number of hydrogen-bond donors (Lipinski definition) is 1. The number of amides is 1. The van der Waals surface area contributed by atoms with E-state index in [0.717, 1.165) is 21.7 Å². The van der Waals surface area contributed by atoms with Gasteiger partial charge in [-0.3, -0.25) is 4.79 Å². The summed E-state index contributed by atoms with van der Waals surface area (Å²) < 4.78 is 14.4. The van der Waals surface area contributed by atoms with Crippen LogP contribution in [0.2, 0.25) is 0 Å². The van der Waals surface area contributed by atoms with E-state index in [1.807, 2.05) is 6.92 Å². The van der Waals surface area contributed by atoms with Crippen molar-refractivity contribution >= 4 is 45.9 Å². The van der Waals surface area contributed by atoms with Crippen molar-refractivity contribution in [2.45, 2.75) is 16.0 Å². The second-order valence-electron chi connectivity index (χ2n) is 4.11. The van der Waals surface area contributed by atoms with Crippen molar-refractivity contribution in [1.82, 2.24) is 4.98 Å². The van der Waals surface area contributed by atoms with E-state index in [4.69, 9.17) is 5.26 Å². The second kappa shape index (κ2) is 8.17. The highest BCUT2D eigenvalue weighted by atomic mass is 32.2. The molecule has 0 unspecified atom stereocenters. The molecular weight excluding hydrogens is 341 g/mol. The molecule has 22 heavy (non-hydrogen) atoms. The Morgan fingerprint density at radius 1 is 1.45 bits per heavy atom. The number of thioether (sulfide) groups is 2. The van der Waals surface area contributed by atoms with Crippen molar-refractivity contribution in [1.29, 1.82) is 5.26 Å². The van der Waals surface area contributed by atoms with Gasteiger partial charge in [-0.1, -0.05) is 35.2 Å². The molecule has 8 heteroatoms. The summed E-state index contributed by atoms with van der Waals surface area (Å²) in [5.41, 5.74) is 0.794. The summed E-state index contributed by atoms with van der Waals surface area (Å²) >= 11 is 3.87. The minimum atomic E-state index is -0.333. The fourth-order valence-electron chi connectivity index (χ4n) is 1.53. The molecule has 0 radical (unpaired) electrons. The lowest BCUT2D eigenvalue weighted by Crippen LogP contribution is -2.13. The number of aromatic nitrogens is 1. The van der Waals surface area contributed by atoms with E-state index in [1.54, 1.807) is 18.2 Å². The van der Waals surface area contributed by atoms with Gasteiger partial charge in [0.15, 0.2) is 5.13 Å². The van der Waals surface area contributed by atoms with E-state index in [0.29, 0.717) is 15.8 Å². The lowest BCUT2D eigenvalue weighted by molar-refractivity contribution is -0.113. The van der Waals surface area contributed by atoms with Gasteiger partial charge >= 0.3 is 0 Å². The number of benzene rings is 1. The Balaban J connectivity index is 1.90. The maximum Gasteiger partial charge on any atom is 0.236 e. The summed E-state index contributed by atoms with van der Waals surface area (Å²) in [6.07, 6.45) is 0. The number of anilines is 1. The Kier molecular flexibility index (Phi) is 6.24. The van der Waals surface area contributed by atoms with Crippen LogP contribution >= 0.6 is 34.9 Å². The first-order valence-electron chi connectivity index (χ1n) is 6.24. The van der Waals surface area contributed by atoms with E-state index in [9.17, 15) is 9.18 Å². The topological polar surface area (TPSA) is 65.8 Å². The number of carbonyl (C=O) groups excluding carboxylic acids is 1. The van der Waals surface area contributed by atoms with Crippen LogP contribution in [-0.4, -0.2) is 22.4 Å². The van der Waals surface area contributed by atoms with Gasteiger partial charge in [0, 0.05) is 4.90 Å². The number of nitrogens with zero attached hydrogens (tertiary/aromatic N) is 2. The zero-order valence-corrected chi connectivity index (χ0v) is 14.1. The number of hydrogen-bond acceptors (Lipinski definition) is 6. The van der Waals surface area contributed by atoms with Crippen molar-refractivity contribution in [2.24, 2.45) is 0 Å². The maximum absolute atomic E-state index is 13.4. The Morgan fingerprint density at radius 2 is 2.23 bits per heavy atom. The fourth-order valence-corrected chi connectivity index (χ4v) is 4.08. The molecule has 0 atom stereocenters. The summed E-state index contributed by atoms with van der Waals surface area (Å²) in [6, 6.07) is 8.39. The molecule has 0 bridgehead atoms. The molecule has 0 saturated heterocycles. The van der Waals surface area contributed by atoms with Crippen LogP contribution in [0.1, 0.15) is 5.69 Å². The molecule has 114 valence electrons. The molecule has 1 aromatic heterocycles. The summed E-state index contributed by atoms with van der Waals surface area (Å²) in [7, 11) is 0. The van der Waals surface area contributed by atoms with E-state index >= 15 is 0 Å². The second-order valence-corrected chi connectivity index (χ2v) is 7.37. The van der Waals surface area contributed by atoms with Gasteiger partial charge in [0.25, 0.3) is 0 Å². The molecule has 0 fully saturated rings. The highest BCUT2D eigenvalue weighted by Gasteiger charge is 2.12. The van der Waals surface area contributed by atoms with Crippen molar-refractivity contribution in [3.8, 4) is 6.07 Å². The molecule has 2 rings (SSSR count). The van der Waals surface area contributed by atoms with Crippen LogP contribution in [0.3, 0.4) is 0 Å². The lowest BCUT2D eigenvalue weighted by atomic mass is 10.3. The van der Waals surface area contributed by atoms with E-state index in [1.165, 1.54) is 29.2 Å². The van der Waals surface area contributed by atoms with Crippen molar-refractivity contribution < 1.29 is 9.18 Å². The van der Waals surface area contributed by atoms with Crippen molar-refractivity contribution in [3.05, 3.63) is 35.8 Å². The summed E-state index contributed by atoms with van der Waals surface area (Å²) in [6.45, 7) is 1.83. The maximum atomic E-state index is 13.4. The van der Waals surface area contributed by atoms with Crippen LogP contribution in [0, 0.1) is 24.1 Å². The van der Waals surface area contributed by atoms with Crippen LogP contribution in [0.4, 0.5) is 9.52 Å². The van der Waals surface area contributed by atoms with Gasteiger partial charge in [0.05, 0.1) is 27.5 Å². The third-order valence-electron chi connectivity index (χ3n) is 2.46. The van der Waals surface area contributed by atoms with E-state index in [-0.39, 0.29) is 17.5 Å². The van der Waals surface area contributed by atoms with Crippen molar-refractivity contribution in [3.63, 3.8) is 0 Å². The number of nitrogens with one attached hydrogen (secondary N) is 1. The Bertz CT molecular complexity index is 712. The molecule has 4 nitrogen and oxygen atoms in total. The minimum Gasteiger partial charge on any atom is -0.301 e. The Labute approximate surface area is 140 Å². The molecule has 0 spiro atoms. The van der Waals surface area contributed by atoms with Crippen molar-refractivity contribution in [2.75, 3.05) is 16.8 Å². The Morgan fingerprint density at radius 3 is 2.95 bits per heavy atom. The standard InChI is InChI=1S/C14H12FN3OS3/c1-9-13(20-7-6-16)22-14(17-9)18-12(19)8-21-11-5-3-2-4-10(11)15/h2-5H,7-8H2,1H3,(H,17,18,19). The summed E-state index contributed by atoms with van der Waals surface area (Å²) in [5, 5.41) is 11.8. The predicted molar refractivity (Wildman–Crippen MR) is 88.9 cm³/mol. The monoisotopic (exact) mass is 353 g/mol. The third-order valence-corrected chi connectivity index (χ3v) is 5.81. The van der Waals surface area contributed by atoms with Gasteiger partial charge in [-0.05, 0) is 19.1 Å². The van der Waals surface area contributed by atoms with Crippen LogP contribution < -0.4 is 5.32 Å². The van der Waals surface area contributed by atoms with Crippen LogP contribution in [-0.2, 0) is 4.79 Å². The SMILES string of the molecule is Cc1nc(NC(=O)CSc2ccccc2F)sc1SCC#N. The number of aryl methyl sites for hydroxylation is 1. The minimum absolute atomic E-state index is 0.111. The fraction of sp³-hybridized carbons (Fsp3) is 0.214. The first kappa shape index (κ1) is 16.8. The van der Waals surface area contributed by atoms with Gasteiger partial charge in [-0.2, -0.15) is 5.26 Å². The number of halogens is 1. The lowest BCUT2D eigenvalue weighted by Gasteiger charge is -2.03. The van der Waals surface area contributed by atoms with Gasteiger partial charge in [0.2, 0.25) is 5.91 Å². The number of nitriles is 1. The average molecular weight is 353 g/mol. The van der Waals surface area contributed by atoms with Crippen LogP contribution in [0.25, 0.3) is 0 Å². The van der Waals surface area contributed by atoms with Gasteiger partial charge < -0.3 is 5.32 Å². The third kappa shape index (κ3) is 4.73. The Hall–Kier alpha value is -1.56. The predicted octanol–water partition coefficient (Wildman–Crippen LogP) is 3.94. The van der Waals surface area contributed by atoms with E-state index < -0.39 is 0 Å². The molecule has 1 amide bonds. The molecule has 0 aliphatic carbocycles. The first-order valence-corrected chi connectivity index (χ1v) is 9.03. The molecule has 0 saturated carbocycles. The number of thiazole rings is 1.